The number of nitrogens with one attached hydrogen (secondary N) is 1. The molecule has 6 heteroatoms. The van der Waals surface area contributed by atoms with E-state index in [1.54, 1.807) is 14.2 Å². The van der Waals surface area contributed by atoms with Gasteiger partial charge in [-0.1, -0.05) is 23.7 Å². The number of aromatic nitrogens is 1. The maximum Gasteiger partial charge on any atom is 0.161 e. The van der Waals surface area contributed by atoms with Gasteiger partial charge < -0.3 is 19.2 Å². The minimum absolute atomic E-state index is 0.320. The fourth-order valence-electron chi connectivity index (χ4n) is 5.38. The fourth-order valence-corrected chi connectivity index (χ4v) is 5.50. The summed E-state index contributed by atoms with van der Waals surface area (Å²) in [5, 5.41) is 1.99. The van der Waals surface area contributed by atoms with Crippen LogP contribution >= 0.6 is 11.6 Å². The molecule has 2 aliphatic rings. The average Bonchev–Trinajstić information content (AvgIpc) is 3.23. The Kier molecular flexibility index (Phi) is 5.39. The van der Waals surface area contributed by atoms with Crippen LogP contribution in [0.2, 0.25) is 5.02 Å². The summed E-state index contributed by atoms with van der Waals surface area (Å²) in [5.74, 6) is 2.46. The van der Waals surface area contributed by atoms with Crippen LogP contribution in [-0.4, -0.2) is 30.6 Å². The number of nitrogens with zero attached hydrogens (tertiary/aromatic N) is 1. The molecule has 4 aromatic rings. The molecule has 174 valence electrons. The summed E-state index contributed by atoms with van der Waals surface area (Å²) >= 11 is 6.01. The highest BCUT2D eigenvalue weighted by Gasteiger charge is 2.34. The van der Waals surface area contributed by atoms with Crippen LogP contribution in [0.1, 0.15) is 34.0 Å². The second kappa shape index (κ2) is 8.57. The Labute approximate surface area is 204 Å². The normalized spacial score (nSPS) is 17.1. The van der Waals surface area contributed by atoms with E-state index in [0.717, 1.165) is 53.8 Å². The van der Waals surface area contributed by atoms with Gasteiger partial charge in [0.05, 0.1) is 14.2 Å². The topological polar surface area (TPSA) is 46.7 Å². The minimum atomic E-state index is 0.320. The Hall–Kier alpha value is -3.15. The standard InChI is InChI=1S/C28H27ClN2O3/c1-32-20-7-8-24-22(12-20)23-13-26-21-14-27(33-2)28(34-16-17-3-5-19(29)6-4-17)11-18(21)9-10-31(26)15-25(23)30-24/h3-8,11-12,14,26,30H,9-10,13,15-16H2,1-2H3. The fraction of sp³-hybridized carbons (Fsp3) is 0.286. The number of benzene rings is 3. The number of H-pyrrole nitrogens is 1. The third-order valence-electron chi connectivity index (χ3n) is 7.16. The van der Waals surface area contributed by atoms with E-state index in [9.17, 15) is 0 Å². The van der Waals surface area contributed by atoms with Crippen molar-refractivity contribution in [2.45, 2.75) is 32.0 Å². The third-order valence-corrected chi connectivity index (χ3v) is 7.41. The Morgan fingerprint density at radius 3 is 2.65 bits per heavy atom. The molecule has 1 atom stereocenters. The lowest BCUT2D eigenvalue weighted by Crippen LogP contribution is -2.39. The largest absolute Gasteiger partial charge is 0.497 e. The van der Waals surface area contributed by atoms with E-state index < -0.39 is 0 Å². The number of fused-ring (bicyclic) bond motifs is 6. The first-order chi connectivity index (χ1) is 16.6. The number of rotatable bonds is 5. The molecule has 34 heavy (non-hydrogen) atoms. The summed E-state index contributed by atoms with van der Waals surface area (Å²) in [5.41, 5.74) is 7.64. The predicted molar refractivity (Wildman–Crippen MR) is 134 cm³/mol. The molecule has 1 N–H and O–H groups in total. The summed E-state index contributed by atoms with van der Waals surface area (Å²) in [6, 6.07) is 18.7. The number of methoxy groups -OCH3 is 2. The Balaban J connectivity index is 1.32. The molecule has 0 bridgehead atoms. The molecule has 5 nitrogen and oxygen atoms in total. The number of hydrogen-bond acceptors (Lipinski definition) is 4. The van der Waals surface area contributed by atoms with Gasteiger partial charge in [-0.05, 0) is 77.6 Å². The van der Waals surface area contributed by atoms with Gasteiger partial charge in [0.1, 0.15) is 12.4 Å². The van der Waals surface area contributed by atoms with Crippen LogP contribution in [-0.2, 0) is 26.0 Å². The van der Waals surface area contributed by atoms with Crippen LogP contribution in [0.15, 0.2) is 54.6 Å². The second-order valence-corrected chi connectivity index (χ2v) is 9.49. The van der Waals surface area contributed by atoms with E-state index in [2.05, 4.69) is 34.1 Å². The molecule has 3 aromatic carbocycles. The van der Waals surface area contributed by atoms with E-state index in [4.69, 9.17) is 25.8 Å². The Morgan fingerprint density at radius 2 is 1.85 bits per heavy atom. The molecule has 0 amide bonds. The second-order valence-electron chi connectivity index (χ2n) is 9.05. The van der Waals surface area contributed by atoms with Gasteiger partial charge in [-0.2, -0.15) is 0 Å². The lowest BCUT2D eigenvalue weighted by atomic mass is 9.85. The molecule has 0 saturated carbocycles. The van der Waals surface area contributed by atoms with Crippen molar-refractivity contribution in [3.05, 3.63) is 87.6 Å². The smallest absolute Gasteiger partial charge is 0.161 e. The van der Waals surface area contributed by atoms with E-state index in [0.29, 0.717) is 12.6 Å². The van der Waals surface area contributed by atoms with Gasteiger partial charge in [0.15, 0.2) is 11.5 Å². The summed E-state index contributed by atoms with van der Waals surface area (Å²) in [6.45, 7) is 2.43. The van der Waals surface area contributed by atoms with Crippen LogP contribution in [0.4, 0.5) is 0 Å². The SMILES string of the molecule is COc1ccc2[nH]c3c(c2c1)CC1c2cc(OC)c(OCc4ccc(Cl)cc4)cc2CCN1C3. The van der Waals surface area contributed by atoms with Crippen molar-refractivity contribution in [1.29, 1.82) is 0 Å². The van der Waals surface area contributed by atoms with Crippen molar-refractivity contribution < 1.29 is 14.2 Å². The van der Waals surface area contributed by atoms with Crippen molar-refractivity contribution in [1.82, 2.24) is 9.88 Å². The van der Waals surface area contributed by atoms with Crippen molar-refractivity contribution in [2.75, 3.05) is 20.8 Å². The van der Waals surface area contributed by atoms with Gasteiger partial charge in [-0.15, -0.1) is 0 Å². The highest BCUT2D eigenvalue weighted by molar-refractivity contribution is 6.30. The molecule has 0 spiro atoms. The van der Waals surface area contributed by atoms with Gasteiger partial charge in [0, 0.05) is 40.8 Å². The van der Waals surface area contributed by atoms with Crippen molar-refractivity contribution in [2.24, 2.45) is 0 Å². The van der Waals surface area contributed by atoms with Gasteiger partial charge in [-0.3, -0.25) is 4.90 Å². The molecular formula is C28H27ClN2O3. The first kappa shape index (κ1) is 21.4. The Morgan fingerprint density at radius 1 is 1.00 bits per heavy atom. The molecule has 1 unspecified atom stereocenters. The molecule has 0 radical (unpaired) electrons. The minimum Gasteiger partial charge on any atom is -0.497 e. The number of hydrogen-bond donors (Lipinski definition) is 1. The maximum absolute atomic E-state index is 6.18. The molecule has 2 aliphatic heterocycles. The first-order valence-electron chi connectivity index (χ1n) is 11.6. The lowest BCUT2D eigenvalue weighted by molar-refractivity contribution is 0.158. The molecule has 1 aromatic heterocycles. The van der Waals surface area contributed by atoms with Crippen molar-refractivity contribution >= 4 is 22.5 Å². The molecule has 0 saturated heterocycles. The molecule has 6 rings (SSSR count). The van der Waals surface area contributed by atoms with Gasteiger partial charge in [0.25, 0.3) is 0 Å². The van der Waals surface area contributed by atoms with E-state index in [-0.39, 0.29) is 0 Å². The van der Waals surface area contributed by atoms with Crippen LogP contribution in [0.25, 0.3) is 10.9 Å². The first-order valence-corrected chi connectivity index (χ1v) is 12.0. The molecule has 0 fully saturated rings. The summed E-state index contributed by atoms with van der Waals surface area (Å²) in [6.07, 6.45) is 1.96. The lowest BCUT2D eigenvalue weighted by Gasteiger charge is -2.40. The predicted octanol–water partition coefficient (Wildman–Crippen LogP) is 6.07. The van der Waals surface area contributed by atoms with Crippen LogP contribution in [0, 0.1) is 0 Å². The zero-order valence-electron chi connectivity index (χ0n) is 19.4. The quantitative estimate of drug-likeness (QED) is 0.381. The van der Waals surface area contributed by atoms with Crippen molar-refractivity contribution in [3.8, 4) is 17.2 Å². The van der Waals surface area contributed by atoms with Crippen LogP contribution < -0.4 is 14.2 Å². The van der Waals surface area contributed by atoms with Crippen LogP contribution in [0.3, 0.4) is 0 Å². The average molecular weight is 475 g/mol. The van der Waals surface area contributed by atoms with Gasteiger partial charge in [0.2, 0.25) is 0 Å². The van der Waals surface area contributed by atoms with E-state index >= 15 is 0 Å². The van der Waals surface area contributed by atoms with Gasteiger partial charge in [-0.25, -0.2) is 0 Å². The summed E-state index contributed by atoms with van der Waals surface area (Å²) < 4.78 is 17.4. The zero-order valence-corrected chi connectivity index (χ0v) is 20.1. The molecular weight excluding hydrogens is 448 g/mol. The van der Waals surface area contributed by atoms with Gasteiger partial charge >= 0.3 is 0 Å². The van der Waals surface area contributed by atoms with Crippen molar-refractivity contribution in [3.63, 3.8) is 0 Å². The molecule has 3 heterocycles. The number of aromatic amines is 1. The monoisotopic (exact) mass is 474 g/mol. The summed E-state index contributed by atoms with van der Waals surface area (Å²) in [4.78, 5) is 6.22. The zero-order chi connectivity index (χ0) is 23.2. The molecule has 0 aliphatic carbocycles. The third kappa shape index (κ3) is 3.69. The number of halogens is 1. The Bertz CT molecular complexity index is 1360. The van der Waals surface area contributed by atoms with E-state index in [1.165, 1.54) is 33.3 Å². The number of ether oxygens (including phenoxy) is 3. The highest BCUT2D eigenvalue weighted by atomic mass is 35.5. The summed E-state index contributed by atoms with van der Waals surface area (Å²) in [7, 11) is 3.43. The van der Waals surface area contributed by atoms with Crippen LogP contribution in [0.5, 0.6) is 17.2 Å². The maximum atomic E-state index is 6.18. The highest BCUT2D eigenvalue weighted by Crippen LogP contribution is 2.44. The van der Waals surface area contributed by atoms with E-state index in [1.807, 2.05) is 30.3 Å².